The Kier molecular flexibility index (Phi) is 3.13. The molecule has 0 aromatic rings. The third-order valence-electron chi connectivity index (χ3n) is 4.18. The van der Waals surface area contributed by atoms with Crippen molar-refractivity contribution in [2.45, 2.75) is 51.6 Å². The highest BCUT2D eigenvalue weighted by atomic mass is 16.5. The van der Waals surface area contributed by atoms with Gasteiger partial charge in [0.1, 0.15) is 0 Å². The molecule has 1 aliphatic heterocycles. The fourth-order valence-electron chi connectivity index (χ4n) is 3.32. The smallest absolute Gasteiger partial charge is 0.0668 e. The summed E-state index contributed by atoms with van der Waals surface area (Å²) in [7, 11) is 0. The molecule has 2 atom stereocenters. The molecular weight excluding hydrogens is 174 g/mol. The van der Waals surface area contributed by atoms with E-state index in [-0.39, 0.29) is 0 Å². The van der Waals surface area contributed by atoms with Crippen LogP contribution in [0.1, 0.15) is 45.4 Å². The van der Waals surface area contributed by atoms with Gasteiger partial charge in [-0.3, -0.25) is 0 Å². The number of ether oxygens (including phenoxy) is 1. The van der Waals surface area contributed by atoms with Crippen molar-refractivity contribution in [2.75, 3.05) is 13.2 Å². The van der Waals surface area contributed by atoms with Gasteiger partial charge in [-0.15, -0.1) is 0 Å². The number of rotatable bonds is 2. The zero-order chi connectivity index (χ0) is 10.0. The van der Waals surface area contributed by atoms with Crippen LogP contribution in [-0.2, 0) is 4.74 Å². The van der Waals surface area contributed by atoms with Gasteiger partial charge in [-0.2, -0.15) is 0 Å². The van der Waals surface area contributed by atoms with Crippen LogP contribution in [-0.4, -0.2) is 19.3 Å². The van der Waals surface area contributed by atoms with E-state index in [4.69, 9.17) is 10.5 Å². The number of hydrogen-bond acceptors (Lipinski definition) is 2. The summed E-state index contributed by atoms with van der Waals surface area (Å²) in [6.45, 7) is 4.16. The topological polar surface area (TPSA) is 35.2 Å². The van der Waals surface area contributed by atoms with E-state index in [0.717, 1.165) is 13.2 Å². The van der Waals surface area contributed by atoms with Crippen LogP contribution in [0, 0.1) is 11.3 Å². The van der Waals surface area contributed by atoms with E-state index in [1.54, 1.807) is 0 Å². The molecule has 82 valence electrons. The lowest BCUT2D eigenvalue weighted by Gasteiger charge is -2.41. The lowest BCUT2D eigenvalue weighted by molar-refractivity contribution is -0.0930. The van der Waals surface area contributed by atoms with Crippen molar-refractivity contribution in [2.24, 2.45) is 17.1 Å². The Balaban J connectivity index is 2.05. The monoisotopic (exact) mass is 197 g/mol. The summed E-state index contributed by atoms with van der Waals surface area (Å²) in [6, 6.07) is 0. The minimum Gasteiger partial charge on any atom is -0.377 e. The highest BCUT2D eigenvalue weighted by molar-refractivity contribution is 4.93. The van der Waals surface area contributed by atoms with E-state index >= 15 is 0 Å². The van der Waals surface area contributed by atoms with Crippen molar-refractivity contribution in [1.29, 1.82) is 0 Å². The number of nitrogens with two attached hydrogens (primary N) is 1. The van der Waals surface area contributed by atoms with E-state index in [1.165, 1.54) is 38.5 Å². The molecule has 1 aliphatic carbocycles. The van der Waals surface area contributed by atoms with Gasteiger partial charge in [0.2, 0.25) is 0 Å². The molecule has 2 unspecified atom stereocenters. The van der Waals surface area contributed by atoms with Gasteiger partial charge < -0.3 is 10.5 Å². The fraction of sp³-hybridized carbons (Fsp3) is 1.00. The van der Waals surface area contributed by atoms with Crippen molar-refractivity contribution >= 4 is 0 Å². The molecule has 2 nitrogen and oxygen atoms in total. The molecule has 2 fully saturated rings. The van der Waals surface area contributed by atoms with Crippen molar-refractivity contribution in [3.05, 3.63) is 0 Å². The second kappa shape index (κ2) is 4.19. The first-order valence-corrected chi connectivity index (χ1v) is 6.08. The van der Waals surface area contributed by atoms with Crippen molar-refractivity contribution in [3.63, 3.8) is 0 Å². The quantitative estimate of drug-likeness (QED) is 0.737. The summed E-state index contributed by atoms with van der Waals surface area (Å²) in [6.07, 6.45) is 8.37. The molecule has 2 N–H and O–H groups in total. The highest BCUT2D eigenvalue weighted by Crippen LogP contribution is 2.46. The Bertz CT molecular complexity index is 187. The standard InChI is InChI=1S/C12H23NO/c1-12(6-2-3-7-12)11-10(9-13)5-4-8-14-11/h10-11H,2-9,13H2,1H3. The highest BCUT2D eigenvalue weighted by Gasteiger charge is 2.42. The Hall–Kier alpha value is -0.0800. The molecule has 2 aliphatic rings. The molecule has 2 rings (SSSR count). The van der Waals surface area contributed by atoms with E-state index in [1.807, 2.05) is 0 Å². The lowest BCUT2D eigenvalue weighted by Crippen LogP contribution is -2.44. The molecule has 1 saturated heterocycles. The molecule has 0 amide bonds. The normalized spacial score (nSPS) is 37.3. The summed E-state index contributed by atoms with van der Waals surface area (Å²) in [5.74, 6) is 0.617. The second-order valence-electron chi connectivity index (χ2n) is 5.29. The molecule has 1 heterocycles. The fourth-order valence-corrected chi connectivity index (χ4v) is 3.32. The van der Waals surface area contributed by atoms with E-state index in [2.05, 4.69) is 6.92 Å². The van der Waals surface area contributed by atoms with Crippen molar-refractivity contribution in [1.82, 2.24) is 0 Å². The van der Waals surface area contributed by atoms with Crippen LogP contribution in [0.2, 0.25) is 0 Å². The Labute approximate surface area is 87.2 Å². The van der Waals surface area contributed by atoms with Crippen LogP contribution in [0.4, 0.5) is 0 Å². The van der Waals surface area contributed by atoms with Crippen molar-refractivity contribution < 1.29 is 4.74 Å². The van der Waals surface area contributed by atoms with Gasteiger partial charge in [-0.05, 0) is 43.6 Å². The minimum absolute atomic E-state index is 0.435. The van der Waals surface area contributed by atoms with Crippen LogP contribution >= 0.6 is 0 Å². The average Bonchev–Trinajstić information content (AvgIpc) is 2.66. The molecule has 14 heavy (non-hydrogen) atoms. The van der Waals surface area contributed by atoms with Gasteiger partial charge in [0, 0.05) is 6.61 Å². The predicted molar refractivity (Wildman–Crippen MR) is 58.1 cm³/mol. The molecule has 0 radical (unpaired) electrons. The Morgan fingerprint density at radius 1 is 1.29 bits per heavy atom. The summed E-state index contributed by atoms with van der Waals surface area (Å²) in [5.41, 5.74) is 6.28. The van der Waals surface area contributed by atoms with Crippen LogP contribution in [0.15, 0.2) is 0 Å². The maximum absolute atomic E-state index is 5.99. The van der Waals surface area contributed by atoms with Gasteiger partial charge in [0.25, 0.3) is 0 Å². The van der Waals surface area contributed by atoms with Gasteiger partial charge in [-0.1, -0.05) is 19.8 Å². The van der Waals surface area contributed by atoms with E-state index < -0.39 is 0 Å². The molecule has 0 aromatic carbocycles. The van der Waals surface area contributed by atoms with Gasteiger partial charge in [-0.25, -0.2) is 0 Å². The van der Waals surface area contributed by atoms with Crippen LogP contribution in [0.3, 0.4) is 0 Å². The van der Waals surface area contributed by atoms with Crippen molar-refractivity contribution in [3.8, 4) is 0 Å². The summed E-state index contributed by atoms with van der Waals surface area (Å²) >= 11 is 0. The second-order valence-corrected chi connectivity index (χ2v) is 5.29. The van der Waals surface area contributed by atoms with Crippen LogP contribution < -0.4 is 5.73 Å². The maximum Gasteiger partial charge on any atom is 0.0668 e. The molecule has 0 aromatic heterocycles. The molecular formula is C12H23NO. The summed E-state index contributed by atoms with van der Waals surface area (Å²) in [4.78, 5) is 0. The van der Waals surface area contributed by atoms with E-state index in [9.17, 15) is 0 Å². The minimum atomic E-state index is 0.435. The zero-order valence-electron chi connectivity index (χ0n) is 9.30. The zero-order valence-corrected chi connectivity index (χ0v) is 9.30. The maximum atomic E-state index is 5.99. The van der Waals surface area contributed by atoms with Gasteiger partial charge in [0.05, 0.1) is 6.10 Å². The first kappa shape index (κ1) is 10.4. The van der Waals surface area contributed by atoms with Crippen LogP contribution in [0.5, 0.6) is 0 Å². The largest absolute Gasteiger partial charge is 0.377 e. The Morgan fingerprint density at radius 2 is 2.00 bits per heavy atom. The first-order chi connectivity index (χ1) is 6.76. The predicted octanol–water partition coefficient (Wildman–Crippen LogP) is 2.32. The van der Waals surface area contributed by atoms with Gasteiger partial charge in [0.15, 0.2) is 0 Å². The molecule has 1 saturated carbocycles. The lowest BCUT2D eigenvalue weighted by atomic mass is 9.74. The molecule has 2 heteroatoms. The summed E-state index contributed by atoms with van der Waals surface area (Å²) in [5, 5.41) is 0. The molecule has 0 bridgehead atoms. The SMILES string of the molecule is CC1(C2OCCCC2CN)CCCC1. The first-order valence-electron chi connectivity index (χ1n) is 6.08. The summed E-state index contributed by atoms with van der Waals surface area (Å²) < 4.78 is 5.99. The van der Waals surface area contributed by atoms with Gasteiger partial charge >= 0.3 is 0 Å². The number of hydrogen-bond donors (Lipinski definition) is 1. The Morgan fingerprint density at radius 3 is 2.64 bits per heavy atom. The van der Waals surface area contributed by atoms with Crippen LogP contribution in [0.25, 0.3) is 0 Å². The third-order valence-corrected chi connectivity index (χ3v) is 4.18. The van der Waals surface area contributed by atoms with E-state index in [0.29, 0.717) is 17.4 Å². The third kappa shape index (κ3) is 1.82. The molecule has 0 spiro atoms. The average molecular weight is 197 g/mol.